The lowest BCUT2D eigenvalue weighted by Crippen LogP contribution is -2.50. The number of carbonyl (C=O) groups is 1. The zero-order valence-electron chi connectivity index (χ0n) is 9.04. The van der Waals surface area contributed by atoms with Crippen LogP contribution in [0.4, 0.5) is 0 Å². The summed E-state index contributed by atoms with van der Waals surface area (Å²) in [5, 5.41) is 8.67. The van der Waals surface area contributed by atoms with Crippen molar-refractivity contribution in [3.05, 3.63) is 0 Å². The van der Waals surface area contributed by atoms with Gasteiger partial charge in [0.1, 0.15) is 0 Å². The maximum atomic E-state index is 10.5. The molecule has 0 aromatic carbocycles. The molecule has 1 saturated heterocycles. The standard InChI is InChI=1S/C11H21NO2/c1-2-3-4-5-6-7-12-8-10(9-12)11(13)14/h10H,2-9H2,1H3,(H,13,14). The number of nitrogens with zero attached hydrogens (tertiary/aromatic N) is 1. The molecule has 82 valence electrons. The van der Waals surface area contributed by atoms with Crippen LogP contribution >= 0.6 is 0 Å². The van der Waals surface area contributed by atoms with Crippen LogP contribution in [0.25, 0.3) is 0 Å². The van der Waals surface area contributed by atoms with E-state index in [1.807, 2.05) is 0 Å². The predicted molar refractivity (Wildman–Crippen MR) is 56.3 cm³/mol. The lowest BCUT2D eigenvalue weighted by Gasteiger charge is -2.36. The van der Waals surface area contributed by atoms with Crippen LogP contribution in [0.1, 0.15) is 39.0 Å². The van der Waals surface area contributed by atoms with Crippen molar-refractivity contribution < 1.29 is 9.90 Å². The molecule has 0 aromatic rings. The van der Waals surface area contributed by atoms with Gasteiger partial charge in [-0.25, -0.2) is 0 Å². The maximum Gasteiger partial charge on any atom is 0.309 e. The Morgan fingerprint density at radius 1 is 1.29 bits per heavy atom. The minimum Gasteiger partial charge on any atom is -0.481 e. The Labute approximate surface area is 86.1 Å². The summed E-state index contributed by atoms with van der Waals surface area (Å²) in [6.45, 7) is 4.84. The fraction of sp³-hybridized carbons (Fsp3) is 0.909. The molecule has 1 heterocycles. The highest BCUT2D eigenvalue weighted by Gasteiger charge is 2.31. The molecule has 1 fully saturated rings. The van der Waals surface area contributed by atoms with Crippen LogP contribution in [-0.2, 0) is 4.79 Å². The molecule has 1 N–H and O–H groups in total. The minimum atomic E-state index is -0.632. The van der Waals surface area contributed by atoms with Gasteiger partial charge in [0.15, 0.2) is 0 Å². The number of likely N-dealkylation sites (tertiary alicyclic amines) is 1. The highest BCUT2D eigenvalue weighted by molar-refractivity contribution is 5.71. The molecule has 0 radical (unpaired) electrons. The van der Waals surface area contributed by atoms with Gasteiger partial charge in [-0.05, 0) is 13.0 Å². The molecular formula is C11H21NO2. The van der Waals surface area contributed by atoms with Crippen LogP contribution in [0.2, 0.25) is 0 Å². The van der Waals surface area contributed by atoms with E-state index in [9.17, 15) is 4.79 Å². The van der Waals surface area contributed by atoms with Crippen molar-refractivity contribution in [1.29, 1.82) is 0 Å². The fourth-order valence-corrected chi connectivity index (χ4v) is 1.85. The van der Waals surface area contributed by atoms with Crippen LogP contribution in [0.15, 0.2) is 0 Å². The van der Waals surface area contributed by atoms with Gasteiger partial charge in [-0.1, -0.05) is 32.6 Å². The summed E-state index contributed by atoms with van der Waals surface area (Å²) < 4.78 is 0. The zero-order chi connectivity index (χ0) is 10.4. The average molecular weight is 199 g/mol. The van der Waals surface area contributed by atoms with E-state index in [2.05, 4.69) is 11.8 Å². The van der Waals surface area contributed by atoms with Crippen molar-refractivity contribution >= 4 is 5.97 Å². The Morgan fingerprint density at radius 3 is 2.50 bits per heavy atom. The topological polar surface area (TPSA) is 40.5 Å². The van der Waals surface area contributed by atoms with E-state index in [4.69, 9.17) is 5.11 Å². The van der Waals surface area contributed by atoms with Gasteiger partial charge in [-0.3, -0.25) is 4.79 Å². The molecule has 1 aliphatic heterocycles. The van der Waals surface area contributed by atoms with Gasteiger partial charge >= 0.3 is 5.97 Å². The molecule has 0 unspecified atom stereocenters. The monoisotopic (exact) mass is 199 g/mol. The third-order valence-corrected chi connectivity index (χ3v) is 2.88. The van der Waals surface area contributed by atoms with E-state index in [0.717, 1.165) is 19.6 Å². The molecule has 3 nitrogen and oxygen atoms in total. The Morgan fingerprint density at radius 2 is 1.93 bits per heavy atom. The van der Waals surface area contributed by atoms with Crippen molar-refractivity contribution in [2.75, 3.05) is 19.6 Å². The summed E-state index contributed by atoms with van der Waals surface area (Å²) in [6, 6.07) is 0. The highest BCUT2D eigenvalue weighted by Crippen LogP contribution is 2.16. The first-order chi connectivity index (χ1) is 6.74. The third kappa shape index (κ3) is 3.66. The first-order valence-corrected chi connectivity index (χ1v) is 5.69. The molecule has 0 bridgehead atoms. The quantitative estimate of drug-likeness (QED) is 0.637. The number of carboxylic acid groups (broad SMARTS) is 1. The van der Waals surface area contributed by atoms with Crippen molar-refractivity contribution in [3.8, 4) is 0 Å². The van der Waals surface area contributed by atoms with Crippen molar-refractivity contribution in [3.63, 3.8) is 0 Å². The Kier molecular flexibility index (Phi) is 4.94. The van der Waals surface area contributed by atoms with Crippen LogP contribution in [0.5, 0.6) is 0 Å². The van der Waals surface area contributed by atoms with E-state index in [1.165, 1.54) is 32.1 Å². The second-order valence-electron chi connectivity index (χ2n) is 4.21. The van der Waals surface area contributed by atoms with Crippen LogP contribution < -0.4 is 0 Å². The van der Waals surface area contributed by atoms with Gasteiger partial charge in [0.05, 0.1) is 5.92 Å². The smallest absolute Gasteiger partial charge is 0.309 e. The Balaban J connectivity index is 1.88. The van der Waals surface area contributed by atoms with Gasteiger partial charge in [0.25, 0.3) is 0 Å². The lowest BCUT2D eigenvalue weighted by atomic mass is 10.00. The summed E-state index contributed by atoms with van der Waals surface area (Å²) in [5.41, 5.74) is 0. The number of aliphatic carboxylic acids is 1. The van der Waals surface area contributed by atoms with Gasteiger partial charge in [-0.2, -0.15) is 0 Å². The molecule has 14 heavy (non-hydrogen) atoms. The van der Waals surface area contributed by atoms with Gasteiger partial charge in [-0.15, -0.1) is 0 Å². The predicted octanol–water partition coefficient (Wildman–Crippen LogP) is 1.97. The number of hydrogen-bond donors (Lipinski definition) is 1. The third-order valence-electron chi connectivity index (χ3n) is 2.88. The summed E-state index contributed by atoms with van der Waals surface area (Å²) in [5.74, 6) is -0.724. The van der Waals surface area contributed by atoms with Crippen LogP contribution in [0.3, 0.4) is 0 Å². The second-order valence-corrected chi connectivity index (χ2v) is 4.21. The number of carboxylic acids is 1. The first-order valence-electron chi connectivity index (χ1n) is 5.69. The van der Waals surface area contributed by atoms with Crippen molar-refractivity contribution in [2.45, 2.75) is 39.0 Å². The molecule has 0 amide bonds. The Hall–Kier alpha value is -0.570. The highest BCUT2D eigenvalue weighted by atomic mass is 16.4. The van der Waals surface area contributed by atoms with E-state index >= 15 is 0 Å². The van der Waals surface area contributed by atoms with Crippen molar-refractivity contribution in [2.24, 2.45) is 5.92 Å². The summed E-state index contributed by atoms with van der Waals surface area (Å²) in [6.07, 6.45) is 6.46. The molecule has 1 aliphatic rings. The molecule has 0 atom stereocenters. The van der Waals surface area contributed by atoms with Crippen LogP contribution in [-0.4, -0.2) is 35.6 Å². The van der Waals surface area contributed by atoms with Gasteiger partial charge in [0.2, 0.25) is 0 Å². The Bertz CT molecular complexity index is 176. The van der Waals surface area contributed by atoms with E-state index in [-0.39, 0.29) is 5.92 Å². The number of hydrogen-bond acceptors (Lipinski definition) is 2. The number of unbranched alkanes of at least 4 members (excludes halogenated alkanes) is 4. The summed E-state index contributed by atoms with van der Waals surface area (Å²) >= 11 is 0. The second kappa shape index (κ2) is 6.02. The van der Waals surface area contributed by atoms with E-state index in [0.29, 0.717) is 0 Å². The molecule has 0 aliphatic carbocycles. The molecule has 0 spiro atoms. The summed E-state index contributed by atoms with van der Waals surface area (Å²) in [7, 11) is 0. The first kappa shape index (κ1) is 11.5. The molecule has 0 saturated carbocycles. The molecule has 0 aromatic heterocycles. The van der Waals surface area contributed by atoms with Crippen LogP contribution in [0, 0.1) is 5.92 Å². The SMILES string of the molecule is CCCCCCCN1CC(C(=O)O)C1. The fourth-order valence-electron chi connectivity index (χ4n) is 1.85. The molecule has 1 rings (SSSR count). The average Bonchev–Trinajstić information content (AvgIpc) is 2.06. The van der Waals surface area contributed by atoms with E-state index < -0.39 is 5.97 Å². The minimum absolute atomic E-state index is 0.0920. The number of rotatable bonds is 7. The molecular weight excluding hydrogens is 178 g/mol. The summed E-state index contributed by atoms with van der Waals surface area (Å²) in [4.78, 5) is 12.8. The zero-order valence-corrected chi connectivity index (χ0v) is 9.04. The van der Waals surface area contributed by atoms with Gasteiger partial charge in [0, 0.05) is 13.1 Å². The molecule has 3 heteroatoms. The van der Waals surface area contributed by atoms with Crippen molar-refractivity contribution in [1.82, 2.24) is 4.90 Å². The maximum absolute atomic E-state index is 10.5. The lowest BCUT2D eigenvalue weighted by molar-refractivity contribution is -0.147. The normalized spacial score (nSPS) is 18.1. The van der Waals surface area contributed by atoms with Gasteiger partial charge < -0.3 is 10.0 Å². The van der Waals surface area contributed by atoms with E-state index in [1.54, 1.807) is 0 Å². The largest absolute Gasteiger partial charge is 0.481 e.